The van der Waals surface area contributed by atoms with Crippen molar-refractivity contribution in [1.29, 1.82) is 0 Å². The number of hydrogen-bond donors (Lipinski definition) is 1. The minimum Gasteiger partial charge on any atom is -0.459 e. The van der Waals surface area contributed by atoms with E-state index in [-0.39, 0.29) is 12.2 Å². The van der Waals surface area contributed by atoms with Gasteiger partial charge in [-0.15, -0.1) is 0 Å². The van der Waals surface area contributed by atoms with Gasteiger partial charge in [0.15, 0.2) is 5.69 Å². The molecule has 136 valence electrons. The van der Waals surface area contributed by atoms with E-state index in [2.05, 4.69) is 20.1 Å². The van der Waals surface area contributed by atoms with Crippen LogP contribution >= 0.6 is 11.3 Å². The highest BCUT2D eigenvalue weighted by Gasteiger charge is 2.23. The molecule has 26 heavy (non-hydrogen) atoms. The third kappa shape index (κ3) is 3.69. The number of aryl methyl sites for hydroxylation is 1. The molecule has 0 unspecified atom stereocenters. The SMILES string of the molecule is Cc1ncc(-c2nc3c(C(N)=O)nn(CC(=O)OC(C)(C)C)c3s2)cn1. The molecule has 0 spiro atoms. The minimum absolute atomic E-state index is 0.0130. The van der Waals surface area contributed by atoms with E-state index in [4.69, 9.17) is 10.5 Å². The van der Waals surface area contributed by atoms with E-state index in [9.17, 15) is 9.59 Å². The molecule has 0 aliphatic rings. The summed E-state index contributed by atoms with van der Waals surface area (Å²) in [6.45, 7) is 6.97. The van der Waals surface area contributed by atoms with Crippen LogP contribution in [0.2, 0.25) is 0 Å². The summed E-state index contributed by atoms with van der Waals surface area (Å²) < 4.78 is 6.70. The van der Waals surface area contributed by atoms with Crippen molar-refractivity contribution in [3.05, 3.63) is 23.9 Å². The van der Waals surface area contributed by atoms with Crippen LogP contribution in [0.15, 0.2) is 12.4 Å². The van der Waals surface area contributed by atoms with Crippen molar-refractivity contribution in [3.63, 3.8) is 0 Å². The summed E-state index contributed by atoms with van der Waals surface area (Å²) in [7, 11) is 0. The molecule has 0 aliphatic carbocycles. The molecule has 0 radical (unpaired) electrons. The monoisotopic (exact) mass is 374 g/mol. The first-order valence-electron chi connectivity index (χ1n) is 7.82. The maximum Gasteiger partial charge on any atom is 0.328 e. The average molecular weight is 374 g/mol. The third-order valence-corrected chi connectivity index (χ3v) is 4.37. The molecule has 0 saturated carbocycles. The van der Waals surface area contributed by atoms with Crippen LogP contribution in [0.25, 0.3) is 20.9 Å². The maximum atomic E-state index is 12.1. The van der Waals surface area contributed by atoms with Crippen molar-refractivity contribution in [2.24, 2.45) is 5.73 Å². The predicted octanol–water partition coefficient (Wildman–Crippen LogP) is 1.70. The van der Waals surface area contributed by atoms with Crippen molar-refractivity contribution >= 4 is 33.6 Å². The molecule has 2 N–H and O–H groups in total. The Labute approximate surface area is 153 Å². The van der Waals surface area contributed by atoms with Crippen molar-refractivity contribution < 1.29 is 14.3 Å². The van der Waals surface area contributed by atoms with Crippen LogP contribution in [-0.2, 0) is 16.1 Å². The number of nitrogens with two attached hydrogens (primary N) is 1. The van der Waals surface area contributed by atoms with E-state index in [1.807, 2.05) is 0 Å². The van der Waals surface area contributed by atoms with Gasteiger partial charge in [0, 0.05) is 18.0 Å². The predicted molar refractivity (Wildman–Crippen MR) is 95.5 cm³/mol. The second-order valence-electron chi connectivity index (χ2n) is 6.65. The summed E-state index contributed by atoms with van der Waals surface area (Å²) in [5, 5.41) is 4.73. The number of nitrogens with zero attached hydrogens (tertiary/aromatic N) is 5. The number of carbonyl (C=O) groups excluding carboxylic acids is 2. The number of aromatic nitrogens is 5. The summed E-state index contributed by atoms with van der Waals surface area (Å²) in [4.78, 5) is 37.1. The molecule has 3 rings (SSSR count). The zero-order chi connectivity index (χ0) is 19.1. The summed E-state index contributed by atoms with van der Waals surface area (Å²) >= 11 is 1.27. The number of ether oxygens (including phenoxy) is 1. The smallest absolute Gasteiger partial charge is 0.328 e. The van der Waals surface area contributed by atoms with Crippen LogP contribution in [0, 0.1) is 6.92 Å². The van der Waals surface area contributed by atoms with Gasteiger partial charge in [-0.05, 0) is 27.7 Å². The molecule has 9 nitrogen and oxygen atoms in total. The third-order valence-electron chi connectivity index (χ3n) is 3.25. The Bertz CT molecular complexity index is 984. The van der Waals surface area contributed by atoms with Gasteiger partial charge in [0.1, 0.15) is 33.3 Å². The van der Waals surface area contributed by atoms with Gasteiger partial charge in [0.25, 0.3) is 5.91 Å². The Balaban J connectivity index is 2.02. The first-order chi connectivity index (χ1) is 12.1. The number of carbonyl (C=O) groups is 2. The molecule has 10 heteroatoms. The quantitative estimate of drug-likeness (QED) is 0.689. The highest BCUT2D eigenvalue weighted by molar-refractivity contribution is 7.21. The molecule has 0 aromatic carbocycles. The fourth-order valence-electron chi connectivity index (χ4n) is 2.25. The number of esters is 1. The summed E-state index contributed by atoms with van der Waals surface area (Å²) in [5.74, 6) is -0.537. The fraction of sp³-hybridized carbons (Fsp3) is 0.375. The van der Waals surface area contributed by atoms with Gasteiger partial charge in [0.2, 0.25) is 0 Å². The molecule has 0 aliphatic heterocycles. The van der Waals surface area contributed by atoms with Gasteiger partial charge in [-0.3, -0.25) is 9.59 Å². The fourth-order valence-corrected chi connectivity index (χ4v) is 3.24. The highest BCUT2D eigenvalue weighted by atomic mass is 32.1. The maximum absolute atomic E-state index is 12.1. The van der Waals surface area contributed by atoms with Crippen LogP contribution < -0.4 is 5.73 Å². The molecule has 0 atom stereocenters. The molecule has 0 saturated heterocycles. The Morgan fingerprint density at radius 3 is 2.50 bits per heavy atom. The molecule has 3 heterocycles. The number of rotatable bonds is 4. The normalized spacial score (nSPS) is 11.7. The zero-order valence-electron chi connectivity index (χ0n) is 14.8. The lowest BCUT2D eigenvalue weighted by atomic mass is 10.2. The molecule has 0 fully saturated rings. The van der Waals surface area contributed by atoms with Gasteiger partial charge in [-0.2, -0.15) is 5.10 Å². The lowest BCUT2D eigenvalue weighted by Gasteiger charge is -2.19. The van der Waals surface area contributed by atoms with E-state index < -0.39 is 17.5 Å². The highest BCUT2D eigenvalue weighted by Crippen LogP contribution is 2.31. The lowest BCUT2D eigenvalue weighted by Crippen LogP contribution is -2.27. The Morgan fingerprint density at radius 2 is 1.92 bits per heavy atom. The van der Waals surface area contributed by atoms with Crippen LogP contribution in [0.3, 0.4) is 0 Å². The largest absolute Gasteiger partial charge is 0.459 e. The van der Waals surface area contributed by atoms with Crippen LogP contribution in [0.5, 0.6) is 0 Å². The van der Waals surface area contributed by atoms with Crippen molar-refractivity contribution in [2.45, 2.75) is 39.8 Å². The summed E-state index contributed by atoms with van der Waals surface area (Å²) in [5.41, 5.74) is 5.85. The van der Waals surface area contributed by atoms with Gasteiger partial charge in [-0.1, -0.05) is 11.3 Å². The summed E-state index contributed by atoms with van der Waals surface area (Å²) in [6, 6.07) is 0. The van der Waals surface area contributed by atoms with E-state index >= 15 is 0 Å². The van der Waals surface area contributed by atoms with Crippen molar-refractivity contribution in [1.82, 2.24) is 24.7 Å². The zero-order valence-corrected chi connectivity index (χ0v) is 15.6. The van der Waals surface area contributed by atoms with Gasteiger partial charge < -0.3 is 10.5 Å². The van der Waals surface area contributed by atoms with Gasteiger partial charge >= 0.3 is 5.97 Å². The van der Waals surface area contributed by atoms with E-state index in [0.717, 1.165) is 0 Å². The molecular weight excluding hydrogens is 356 g/mol. The van der Waals surface area contributed by atoms with E-state index in [1.165, 1.54) is 16.0 Å². The second kappa shape index (κ2) is 6.45. The lowest BCUT2D eigenvalue weighted by molar-refractivity contribution is -0.155. The number of hydrogen-bond acceptors (Lipinski definition) is 8. The Hall–Kier alpha value is -2.88. The van der Waals surface area contributed by atoms with Gasteiger partial charge in [-0.25, -0.2) is 19.6 Å². The molecule has 3 aromatic heterocycles. The topological polar surface area (TPSA) is 126 Å². The standard InChI is InChI=1S/C16H18N6O3S/c1-8-18-5-9(6-19-8)14-20-12-11(13(17)24)21-22(15(12)26-14)7-10(23)25-16(2,3)4/h5-6H,7H2,1-4H3,(H2,17,24). The average Bonchev–Trinajstić information content (AvgIpc) is 3.06. The van der Waals surface area contributed by atoms with Crippen LogP contribution in [0.4, 0.5) is 0 Å². The van der Waals surface area contributed by atoms with Crippen LogP contribution in [-0.4, -0.2) is 42.2 Å². The van der Waals surface area contributed by atoms with Gasteiger partial charge in [0.05, 0.1) is 0 Å². The van der Waals surface area contributed by atoms with Crippen molar-refractivity contribution in [3.8, 4) is 10.6 Å². The Morgan fingerprint density at radius 1 is 1.27 bits per heavy atom. The molecule has 3 aromatic rings. The van der Waals surface area contributed by atoms with Crippen molar-refractivity contribution in [2.75, 3.05) is 0 Å². The number of thiazole rings is 1. The summed E-state index contributed by atoms with van der Waals surface area (Å²) in [6.07, 6.45) is 3.30. The minimum atomic E-state index is -0.713. The second-order valence-corrected chi connectivity index (χ2v) is 7.63. The number of primary amides is 1. The number of fused-ring (bicyclic) bond motifs is 1. The molecular formula is C16H18N6O3S. The van der Waals surface area contributed by atoms with E-state index in [0.29, 0.717) is 26.7 Å². The molecule has 1 amide bonds. The van der Waals surface area contributed by atoms with E-state index in [1.54, 1.807) is 40.1 Å². The number of amides is 1. The first-order valence-corrected chi connectivity index (χ1v) is 8.64. The Kier molecular flexibility index (Phi) is 4.45. The molecule has 0 bridgehead atoms. The first kappa shape index (κ1) is 17.9. The van der Waals surface area contributed by atoms with Crippen LogP contribution in [0.1, 0.15) is 37.1 Å².